The van der Waals surface area contributed by atoms with Gasteiger partial charge in [0.2, 0.25) is 10.0 Å². The fourth-order valence-corrected chi connectivity index (χ4v) is 6.04. The third kappa shape index (κ3) is 3.87. The van der Waals surface area contributed by atoms with E-state index in [1.807, 2.05) is 32.0 Å². The Hall–Kier alpha value is -2.65. The lowest BCUT2D eigenvalue weighted by molar-refractivity contribution is 0.251. The molecule has 0 aliphatic carbocycles. The second-order valence-electron chi connectivity index (χ2n) is 7.99. The number of aryl methyl sites for hydroxylation is 2. The Morgan fingerprint density at radius 3 is 2.58 bits per heavy atom. The van der Waals surface area contributed by atoms with Crippen molar-refractivity contribution in [2.45, 2.75) is 44.7 Å². The van der Waals surface area contributed by atoms with Crippen LogP contribution in [0.2, 0.25) is 0 Å². The molecule has 0 bridgehead atoms. The van der Waals surface area contributed by atoms with Crippen molar-refractivity contribution in [1.82, 2.24) is 18.4 Å². The zero-order valence-electron chi connectivity index (χ0n) is 18.1. The van der Waals surface area contributed by atoms with Crippen molar-refractivity contribution >= 4 is 21.2 Å². The summed E-state index contributed by atoms with van der Waals surface area (Å²) in [5.74, 6) is 0.569. The molecule has 31 heavy (non-hydrogen) atoms. The van der Waals surface area contributed by atoms with Crippen LogP contribution in [0.15, 0.2) is 46.2 Å². The highest BCUT2D eigenvalue weighted by Crippen LogP contribution is 2.31. The molecule has 3 aromatic rings. The van der Waals surface area contributed by atoms with Crippen LogP contribution >= 0.6 is 0 Å². The van der Waals surface area contributed by atoms with Gasteiger partial charge in [-0.2, -0.15) is 4.31 Å². The summed E-state index contributed by atoms with van der Waals surface area (Å²) < 4.78 is 36.7. The second-order valence-corrected chi connectivity index (χ2v) is 9.89. The number of ether oxygens (including phenoxy) is 1. The topological polar surface area (TPSA) is 86.4 Å². The van der Waals surface area contributed by atoms with Crippen molar-refractivity contribution in [3.05, 3.63) is 52.6 Å². The Morgan fingerprint density at radius 1 is 1.16 bits per heavy atom. The maximum absolute atomic E-state index is 13.2. The van der Waals surface area contributed by atoms with Gasteiger partial charge < -0.3 is 4.74 Å². The highest BCUT2D eigenvalue weighted by atomic mass is 32.2. The lowest BCUT2D eigenvalue weighted by atomic mass is 9.98. The molecular weight excluding hydrogens is 416 g/mol. The Labute approximate surface area is 182 Å². The minimum atomic E-state index is -3.64. The first-order valence-corrected chi connectivity index (χ1v) is 12.0. The molecule has 4 rings (SSSR count). The first kappa shape index (κ1) is 21.6. The van der Waals surface area contributed by atoms with Crippen molar-refractivity contribution < 1.29 is 13.2 Å². The van der Waals surface area contributed by atoms with E-state index in [0.29, 0.717) is 50.4 Å². The first-order valence-electron chi connectivity index (χ1n) is 10.6. The number of imidazole rings is 1. The molecule has 1 saturated heterocycles. The summed E-state index contributed by atoms with van der Waals surface area (Å²) in [6.45, 7) is 5.77. The van der Waals surface area contributed by atoms with Gasteiger partial charge >= 0.3 is 5.69 Å². The van der Waals surface area contributed by atoms with Crippen LogP contribution in [0, 0.1) is 12.8 Å². The van der Waals surface area contributed by atoms with E-state index < -0.39 is 10.0 Å². The molecule has 0 N–H and O–H groups in total. The van der Waals surface area contributed by atoms with Gasteiger partial charge in [-0.3, -0.25) is 9.13 Å². The maximum atomic E-state index is 13.2. The van der Waals surface area contributed by atoms with Gasteiger partial charge in [-0.05, 0) is 62.4 Å². The molecule has 0 amide bonds. The van der Waals surface area contributed by atoms with Crippen LogP contribution in [-0.4, -0.2) is 47.0 Å². The number of piperidine rings is 1. The van der Waals surface area contributed by atoms with Gasteiger partial charge in [0.15, 0.2) is 5.65 Å². The molecule has 2 aromatic heterocycles. The quantitative estimate of drug-likeness (QED) is 0.583. The number of benzene rings is 1. The third-order valence-electron chi connectivity index (χ3n) is 6.04. The number of hydrogen-bond acceptors (Lipinski definition) is 5. The molecule has 3 heterocycles. The number of fused-ring (bicyclic) bond motifs is 1. The average Bonchev–Trinajstić information content (AvgIpc) is 3.05. The van der Waals surface area contributed by atoms with Crippen molar-refractivity contribution in [3.8, 4) is 5.75 Å². The van der Waals surface area contributed by atoms with Crippen molar-refractivity contribution in [2.75, 3.05) is 20.2 Å². The molecule has 0 spiro atoms. The molecule has 1 aromatic carbocycles. The summed E-state index contributed by atoms with van der Waals surface area (Å²) in [4.78, 5) is 17.5. The minimum Gasteiger partial charge on any atom is -0.495 e. The standard InChI is InChI=1S/C22H28N4O4S/c1-4-25-18-6-5-11-23-21(18)26(22(25)27)15-17-9-12-24(13-10-17)31(28,29)20-14-16(2)7-8-19(20)30-3/h5-8,11,14,17H,4,9-10,12-13,15H2,1-3H3. The van der Waals surface area contributed by atoms with Gasteiger partial charge in [-0.15, -0.1) is 0 Å². The third-order valence-corrected chi connectivity index (χ3v) is 7.96. The van der Waals surface area contributed by atoms with Gasteiger partial charge in [0.05, 0.1) is 12.6 Å². The largest absolute Gasteiger partial charge is 0.495 e. The number of methoxy groups -OCH3 is 1. The van der Waals surface area contributed by atoms with E-state index >= 15 is 0 Å². The highest BCUT2D eigenvalue weighted by molar-refractivity contribution is 7.89. The van der Waals surface area contributed by atoms with Gasteiger partial charge in [0.25, 0.3) is 0 Å². The van der Waals surface area contributed by atoms with Crippen LogP contribution in [-0.2, 0) is 23.1 Å². The Balaban J connectivity index is 1.53. The lowest BCUT2D eigenvalue weighted by Gasteiger charge is -2.31. The summed E-state index contributed by atoms with van der Waals surface area (Å²) in [6, 6.07) is 8.93. The normalized spacial score (nSPS) is 16.1. The minimum absolute atomic E-state index is 0.0595. The Kier molecular flexibility index (Phi) is 5.90. The number of nitrogens with zero attached hydrogens (tertiary/aromatic N) is 4. The van der Waals surface area contributed by atoms with E-state index in [4.69, 9.17) is 4.74 Å². The number of aromatic nitrogens is 3. The molecule has 166 valence electrons. The molecule has 0 atom stereocenters. The number of hydrogen-bond donors (Lipinski definition) is 0. The maximum Gasteiger partial charge on any atom is 0.330 e. The number of rotatable bonds is 6. The number of pyridine rings is 1. The molecule has 1 fully saturated rings. The second kappa shape index (κ2) is 8.47. The van der Waals surface area contributed by atoms with E-state index in [1.165, 1.54) is 11.4 Å². The lowest BCUT2D eigenvalue weighted by Crippen LogP contribution is -2.40. The average molecular weight is 445 g/mol. The highest BCUT2D eigenvalue weighted by Gasteiger charge is 2.32. The van der Waals surface area contributed by atoms with Crippen LogP contribution in [0.3, 0.4) is 0 Å². The summed E-state index contributed by atoms with van der Waals surface area (Å²) in [5, 5.41) is 0. The molecule has 8 nitrogen and oxygen atoms in total. The van der Waals surface area contributed by atoms with Crippen LogP contribution in [0.1, 0.15) is 25.3 Å². The van der Waals surface area contributed by atoms with Crippen LogP contribution in [0.5, 0.6) is 5.75 Å². The van der Waals surface area contributed by atoms with Gasteiger partial charge in [-0.1, -0.05) is 6.07 Å². The van der Waals surface area contributed by atoms with E-state index in [2.05, 4.69) is 4.98 Å². The Morgan fingerprint density at radius 2 is 1.90 bits per heavy atom. The van der Waals surface area contributed by atoms with Crippen LogP contribution < -0.4 is 10.4 Å². The van der Waals surface area contributed by atoms with E-state index in [1.54, 1.807) is 27.5 Å². The van der Waals surface area contributed by atoms with E-state index in [0.717, 1.165) is 11.1 Å². The fourth-order valence-electron chi connectivity index (χ4n) is 4.33. The van der Waals surface area contributed by atoms with Gasteiger partial charge in [0.1, 0.15) is 10.6 Å². The molecule has 1 aliphatic rings. The monoisotopic (exact) mass is 444 g/mol. The first-order chi connectivity index (χ1) is 14.9. The predicted octanol–water partition coefficient (Wildman–Crippen LogP) is 2.64. The molecule has 0 saturated carbocycles. The predicted molar refractivity (Wildman–Crippen MR) is 119 cm³/mol. The summed E-state index contributed by atoms with van der Waals surface area (Å²) in [7, 11) is -2.16. The zero-order valence-corrected chi connectivity index (χ0v) is 18.9. The smallest absolute Gasteiger partial charge is 0.330 e. The Bertz CT molecular complexity index is 1250. The molecule has 1 aliphatic heterocycles. The van der Waals surface area contributed by atoms with Crippen molar-refractivity contribution in [1.29, 1.82) is 0 Å². The van der Waals surface area contributed by atoms with Gasteiger partial charge in [0, 0.05) is 32.4 Å². The zero-order chi connectivity index (χ0) is 22.2. The van der Waals surface area contributed by atoms with Crippen LogP contribution in [0.4, 0.5) is 0 Å². The fraction of sp³-hybridized carbons (Fsp3) is 0.455. The van der Waals surface area contributed by atoms with E-state index in [9.17, 15) is 13.2 Å². The summed E-state index contributed by atoms with van der Waals surface area (Å²) in [5.41, 5.74) is 2.33. The SMILES string of the molecule is CCn1c(=O)n(CC2CCN(S(=O)(=O)c3cc(C)ccc3OC)CC2)c2ncccc21. The van der Waals surface area contributed by atoms with Crippen molar-refractivity contribution in [2.24, 2.45) is 5.92 Å². The van der Waals surface area contributed by atoms with Gasteiger partial charge in [-0.25, -0.2) is 18.2 Å². The molecular formula is C22H28N4O4S. The van der Waals surface area contributed by atoms with E-state index in [-0.39, 0.29) is 16.5 Å². The molecule has 0 radical (unpaired) electrons. The van der Waals surface area contributed by atoms with Crippen LogP contribution in [0.25, 0.3) is 11.2 Å². The summed E-state index contributed by atoms with van der Waals surface area (Å²) >= 11 is 0. The van der Waals surface area contributed by atoms with Crippen molar-refractivity contribution in [3.63, 3.8) is 0 Å². The number of sulfonamides is 1. The molecule has 9 heteroatoms. The molecule has 0 unspecified atom stereocenters. The summed E-state index contributed by atoms with van der Waals surface area (Å²) in [6.07, 6.45) is 3.07.